The van der Waals surface area contributed by atoms with Crippen molar-refractivity contribution < 1.29 is 18.0 Å². The molecular formula is C22H19Cl2N3O4S. The van der Waals surface area contributed by atoms with E-state index >= 15 is 0 Å². The van der Waals surface area contributed by atoms with Crippen LogP contribution in [0.25, 0.3) is 0 Å². The van der Waals surface area contributed by atoms with E-state index in [1.54, 1.807) is 24.3 Å². The number of rotatable bonds is 7. The van der Waals surface area contributed by atoms with Gasteiger partial charge in [-0.3, -0.25) is 13.9 Å². The van der Waals surface area contributed by atoms with Crippen molar-refractivity contribution in [1.29, 1.82) is 0 Å². The van der Waals surface area contributed by atoms with Crippen LogP contribution in [0.15, 0.2) is 71.6 Å². The molecule has 3 aromatic rings. The molecule has 0 aliphatic rings. The van der Waals surface area contributed by atoms with Crippen LogP contribution in [0.3, 0.4) is 0 Å². The molecule has 0 heterocycles. The Kier molecular flexibility index (Phi) is 7.08. The number of sulfonamides is 1. The van der Waals surface area contributed by atoms with Crippen molar-refractivity contribution in [3.63, 3.8) is 0 Å². The van der Waals surface area contributed by atoms with Gasteiger partial charge in [0.15, 0.2) is 0 Å². The molecule has 0 saturated heterocycles. The number of aryl methyl sites for hydroxylation is 1. The van der Waals surface area contributed by atoms with Gasteiger partial charge < -0.3 is 11.1 Å². The number of benzene rings is 3. The third-order valence-electron chi connectivity index (χ3n) is 4.50. The van der Waals surface area contributed by atoms with Crippen LogP contribution in [-0.4, -0.2) is 26.8 Å². The van der Waals surface area contributed by atoms with Crippen molar-refractivity contribution in [3.8, 4) is 0 Å². The van der Waals surface area contributed by atoms with Crippen molar-refractivity contribution in [3.05, 3.63) is 87.9 Å². The van der Waals surface area contributed by atoms with Crippen molar-refractivity contribution >= 4 is 56.4 Å². The summed E-state index contributed by atoms with van der Waals surface area (Å²) in [4.78, 5) is 24.5. The Labute approximate surface area is 195 Å². The minimum Gasteiger partial charge on any atom is -0.366 e. The number of hydrogen-bond donors (Lipinski definition) is 2. The molecule has 3 N–H and O–H groups in total. The number of nitrogens with one attached hydrogen (secondary N) is 1. The molecule has 0 fully saturated rings. The molecule has 32 heavy (non-hydrogen) atoms. The molecule has 0 saturated carbocycles. The normalized spacial score (nSPS) is 11.1. The second-order valence-corrected chi connectivity index (χ2v) is 9.65. The molecule has 0 aliphatic carbocycles. The minimum atomic E-state index is -4.15. The predicted molar refractivity (Wildman–Crippen MR) is 126 cm³/mol. The number of primary amides is 1. The summed E-state index contributed by atoms with van der Waals surface area (Å²) in [5, 5.41) is 2.95. The van der Waals surface area contributed by atoms with E-state index in [1.807, 2.05) is 6.92 Å². The van der Waals surface area contributed by atoms with Crippen LogP contribution >= 0.6 is 23.2 Å². The zero-order chi connectivity index (χ0) is 23.5. The molecule has 0 spiro atoms. The van der Waals surface area contributed by atoms with Crippen LogP contribution in [0, 0.1) is 6.92 Å². The summed E-state index contributed by atoms with van der Waals surface area (Å²) in [5.41, 5.74) is 6.60. The summed E-state index contributed by atoms with van der Waals surface area (Å²) >= 11 is 12.2. The number of carbonyl (C=O) groups is 2. The van der Waals surface area contributed by atoms with Crippen molar-refractivity contribution in [2.24, 2.45) is 5.73 Å². The Morgan fingerprint density at radius 1 is 0.969 bits per heavy atom. The number of hydrogen-bond acceptors (Lipinski definition) is 4. The highest BCUT2D eigenvalue weighted by Crippen LogP contribution is 2.30. The molecule has 0 aromatic heterocycles. The van der Waals surface area contributed by atoms with Crippen LogP contribution in [0.1, 0.15) is 15.9 Å². The Balaban J connectivity index is 2.01. The van der Waals surface area contributed by atoms with Gasteiger partial charge in [-0.15, -0.1) is 0 Å². The van der Waals surface area contributed by atoms with Crippen molar-refractivity contribution in [1.82, 2.24) is 0 Å². The van der Waals surface area contributed by atoms with E-state index in [1.165, 1.54) is 42.5 Å². The van der Waals surface area contributed by atoms with Gasteiger partial charge in [0.05, 0.1) is 21.8 Å². The fourth-order valence-electron chi connectivity index (χ4n) is 2.96. The Morgan fingerprint density at radius 2 is 1.56 bits per heavy atom. The van der Waals surface area contributed by atoms with E-state index in [2.05, 4.69) is 5.32 Å². The molecule has 166 valence electrons. The van der Waals surface area contributed by atoms with Gasteiger partial charge in [-0.1, -0.05) is 53.0 Å². The summed E-state index contributed by atoms with van der Waals surface area (Å²) in [7, 11) is -4.15. The van der Waals surface area contributed by atoms with Crippen LogP contribution in [0.5, 0.6) is 0 Å². The second-order valence-electron chi connectivity index (χ2n) is 6.91. The summed E-state index contributed by atoms with van der Waals surface area (Å²) in [5.74, 6) is -1.42. The van der Waals surface area contributed by atoms with E-state index < -0.39 is 28.4 Å². The zero-order valence-electron chi connectivity index (χ0n) is 16.9. The van der Waals surface area contributed by atoms with Gasteiger partial charge in [-0.05, 0) is 49.4 Å². The van der Waals surface area contributed by atoms with Crippen molar-refractivity contribution in [2.45, 2.75) is 11.8 Å². The molecule has 0 bridgehead atoms. The molecular weight excluding hydrogens is 473 g/mol. The standard InChI is InChI=1S/C22H19Cl2N3O4S/c1-14-6-8-18(9-7-14)32(30,31)27(17-11-15(23)10-16(24)12-17)13-21(28)26-20-5-3-2-4-19(20)22(25)29/h2-12H,13H2,1H3,(H2,25,29)(H,26,28). The first-order valence-electron chi connectivity index (χ1n) is 9.32. The third kappa shape index (κ3) is 5.40. The predicted octanol–water partition coefficient (Wildman–Crippen LogP) is 4.23. The molecule has 2 amide bonds. The molecule has 0 unspecified atom stereocenters. The monoisotopic (exact) mass is 491 g/mol. The van der Waals surface area contributed by atoms with Gasteiger partial charge >= 0.3 is 0 Å². The average molecular weight is 492 g/mol. The van der Waals surface area contributed by atoms with E-state index in [9.17, 15) is 18.0 Å². The van der Waals surface area contributed by atoms with E-state index in [-0.39, 0.29) is 31.9 Å². The lowest BCUT2D eigenvalue weighted by atomic mass is 10.1. The lowest BCUT2D eigenvalue weighted by Crippen LogP contribution is -2.38. The Hall–Kier alpha value is -3.07. The van der Waals surface area contributed by atoms with Gasteiger partial charge in [-0.2, -0.15) is 0 Å². The van der Waals surface area contributed by atoms with Crippen LogP contribution in [-0.2, 0) is 14.8 Å². The number of para-hydroxylation sites is 1. The molecule has 0 radical (unpaired) electrons. The smallest absolute Gasteiger partial charge is 0.264 e. The Morgan fingerprint density at radius 3 is 2.16 bits per heavy atom. The van der Waals surface area contributed by atoms with Gasteiger partial charge in [0.2, 0.25) is 5.91 Å². The van der Waals surface area contributed by atoms with E-state index in [0.29, 0.717) is 0 Å². The van der Waals surface area contributed by atoms with Gasteiger partial charge in [-0.25, -0.2) is 8.42 Å². The maximum Gasteiger partial charge on any atom is 0.264 e. The fourth-order valence-corrected chi connectivity index (χ4v) is 4.88. The van der Waals surface area contributed by atoms with E-state index in [4.69, 9.17) is 28.9 Å². The quantitative estimate of drug-likeness (QED) is 0.514. The molecule has 0 aliphatic heterocycles. The molecule has 3 rings (SSSR count). The number of carbonyl (C=O) groups excluding carboxylic acids is 2. The Bertz CT molecular complexity index is 1260. The first-order chi connectivity index (χ1) is 15.1. The van der Waals surface area contributed by atoms with Crippen LogP contribution in [0.4, 0.5) is 11.4 Å². The number of halogens is 2. The highest BCUT2D eigenvalue weighted by Gasteiger charge is 2.28. The van der Waals surface area contributed by atoms with Gasteiger partial charge in [0, 0.05) is 10.0 Å². The highest BCUT2D eigenvalue weighted by atomic mass is 35.5. The van der Waals surface area contributed by atoms with Gasteiger partial charge in [0.25, 0.3) is 15.9 Å². The van der Waals surface area contributed by atoms with Gasteiger partial charge in [0.1, 0.15) is 6.54 Å². The largest absolute Gasteiger partial charge is 0.366 e. The summed E-state index contributed by atoms with van der Waals surface area (Å²) in [6.45, 7) is 1.23. The summed E-state index contributed by atoms with van der Waals surface area (Å²) < 4.78 is 27.7. The maximum absolute atomic E-state index is 13.4. The summed E-state index contributed by atoms with van der Waals surface area (Å²) in [6.07, 6.45) is 0. The highest BCUT2D eigenvalue weighted by molar-refractivity contribution is 7.92. The van der Waals surface area contributed by atoms with Crippen LogP contribution in [0.2, 0.25) is 10.0 Å². The fraction of sp³-hybridized carbons (Fsp3) is 0.0909. The number of amides is 2. The zero-order valence-corrected chi connectivity index (χ0v) is 19.2. The topological polar surface area (TPSA) is 110 Å². The SMILES string of the molecule is Cc1ccc(S(=O)(=O)N(CC(=O)Nc2ccccc2C(N)=O)c2cc(Cl)cc(Cl)c2)cc1. The van der Waals surface area contributed by atoms with Crippen LogP contribution < -0.4 is 15.4 Å². The van der Waals surface area contributed by atoms with Crippen molar-refractivity contribution in [2.75, 3.05) is 16.2 Å². The third-order valence-corrected chi connectivity index (χ3v) is 6.72. The maximum atomic E-state index is 13.4. The second kappa shape index (κ2) is 9.60. The molecule has 0 atom stereocenters. The molecule has 10 heteroatoms. The molecule has 7 nitrogen and oxygen atoms in total. The number of nitrogens with zero attached hydrogens (tertiary/aromatic N) is 1. The molecule has 3 aromatic carbocycles. The number of nitrogens with two attached hydrogens (primary N) is 1. The summed E-state index contributed by atoms with van der Waals surface area (Å²) in [6, 6.07) is 16.6. The number of anilines is 2. The lowest BCUT2D eigenvalue weighted by molar-refractivity contribution is -0.114. The van der Waals surface area contributed by atoms with E-state index in [0.717, 1.165) is 9.87 Å². The average Bonchev–Trinajstić information content (AvgIpc) is 2.71. The first-order valence-corrected chi connectivity index (χ1v) is 11.5. The first kappa shape index (κ1) is 23.6. The minimum absolute atomic E-state index is 0.00969. The lowest BCUT2D eigenvalue weighted by Gasteiger charge is -2.25.